The minimum Gasteiger partial charge on any atom is -0.493 e. The zero-order chi connectivity index (χ0) is 35.3. The number of benzene rings is 1. The van der Waals surface area contributed by atoms with Crippen molar-refractivity contribution in [2.24, 2.45) is 40.7 Å². The summed E-state index contributed by atoms with van der Waals surface area (Å²) in [5, 5.41) is 2.94. The Hall–Kier alpha value is -3.05. The zero-order valence-electron chi connectivity index (χ0n) is 30.4. The van der Waals surface area contributed by atoms with Crippen LogP contribution in [0.3, 0.4) is 0 Å². The Labute approximate surface area is 282 Å². The Kier molecular flexibility index (Phi) is 16.3. The van der Waals surface area contributed by atoms with Crippen LogP contribution in [-0.2, 0) is 30.2 Å². The van der Waals surface area contributed by atoms with Crippen molar-refractivity contribution < 1.29 is 38.1 Å². The molecule has 1 saturated heterocycles. The maximum atomic E-state index is 13.5. The van der Waals surface area contributed by atoms with E-state index in [2.05, 4.69) is 25.2 Å². The predicted molar refractivity (Wildman–Crippen MR) is 182 cm³/mol. The highest BCUT2D eigenvalue weighted by molar-refractivity contribution is 5.83. The van der Waals surface area contributed by atoms with Crippen LogP contribution in [0.15, 0.2) is 18.2 Å². The van der Waals surface area contributed by atoms with Gasteiger partial charge in [-0.25, -0.2) is 4.79 Å². The lowest BCUT2D eigenvalue weighted by Crippen LogP contribution is -2.47. The third kappa shape index (κ3) is 12.5. The highest BCUT2D eigenvalue weighted by Gasteiger charge is 2.43. The van der Waals surface area contributed by atoms with Gasteiger partial charge >= 0.3 is 6.09 Å². The van der Waals surface area contributed by atoms with Crippen LogP contribution in [0.2, 0.25) is 0 Å². The van der Waals surface area contributed by atoms with E-state index in [-0.39, 0.29) is 55.0 Å². The first-order chi connectivity index (χ1) is 22.1. The van der Waals surface area contributed by atoms with Gasteiger partial charge in [-0.05, 0) is 74.5 Å². The maximum absolute atomic E-state index is 13.5. The molecule has 1 aromatic rings. The van der Waals surface area contributed by atoms with Gasteiger partial charge in [0.2, 0.25) is 11.8 Å². The molecule has 0 bridgehead atoms. The number of rotatable bonds is 20. The number of ether oxygens (including phenoxy) is 5. The van der Waals surface area contributed by atoms with Crippen LogP contribution in [0.5, 0.6) is 11.5 Å². The molecule has 0 radical (unpaired) electrons. The normalized spacial score (nSPS) is 18.0. The van der Waals surface area contributed by atoms with Crippen LogP contribution in [0.4, 0.5) is 4.79 Å². The summed E-state index contributed by atoms with van der Waals surface area (Å²) >= 11 is 0. The number of nitrogens with zero attached hydrogens (tertiary/aromatic N) is 1. The lowest BCUT2D eigenvalue weighted by Gasteiger charge is -2.33. The fourth-order valence-corrected chi connectivity index (χ4v) is 5.61. The van der Waals surface area contributed by atoms with E-state index in [9.17, 15) is 14.4 Å². The van der Waals surface area contributed by atoms with Crippen LogP contribution in [0.1, 0.15) is 80.2 Å². The van der Waals surface area contributed by atoms with Crippen molar-refractivity contribution in [2.45, 2.75) is 93.2 Å². The molecular formula is C36H61N3O8. The molecule has 1 aliphatic heterocycles. The molecule has 0 aromatic heterocycles. The van der Waals surface area contributed by atoms with Gasteiger partial charge in [-0.2, -0.15) is 0 Å². The van der Waals surface area contributed by atoms with E-state index in [1.54, 1.807) is 33.0 Å². The quantitative estimate of drug-likeness (QED) is 0.176. The number of hydrogen-bond donors (Lipinski definition) is 2. The number of carbonyl (C=O) groups excluding carboxylic acids is 3. The topological polar surface area (TPSA) is 139 Å². The summed E-state index contributed by atoms with van der Waals surface area (Å²) in [6.07, 6.45) is 1.83. The van der Waals surface area contributed by atoms with Crippen LogP contribution >= 0.6 is 0 Å². The van der Waals surface area contributed by atoms with E-state index in [0.29, 0.717) is 44.2 Å². The smallest absolute Gasteiger partial charge is 0.411 e. The van der Waals surface area contributed by atoms with Crippen LogP contribution in [0.25, 0.3) is 0 Å². The molecule has 268 valence electrons. The number of carbonyl (C=O) groups is 3. The summed E-state index contributed by atoms with van der Waals surface area (Å²) in [4.78, 5) is 40.4. The van der Waals surface area contributed by atoms with Gasteiger partial charge in [0.25, 0.3) is 0 Å². The monoisotopic (exact) mass is 663 g/mol. The Morgan fingerprint density at radius 1 is 1.02 bits per heavy atom. The average Bonchev–Trinajstić information content (AvgIpc) is 3.41. The molecule has 1 aliphatic rings. The van der Waals surface area contributed by atoms with Gasteiger partial charge in [-0.1, -0.05) is 47.6 Å². The molecule has 3 N–H and O–H groups in total. The molecule has 1 aromatic carbocycles. The molecule has 11 heteroatoms. The van der Waals surface area contributed by atoms with E-state index in [4.69, 9.17) is 29.4 Å². The second kappa shape index (κ2) is 19.1. The third-order valence-corrected chi connectivity index (χ3v) is 8.99. The Bertz CT molecular complexity index is 1140. The van der Waals surface area contributed by atoms with Gasteiger partial charge in [-0.15, -0.1) is 0 Å². The van der Waals surface area contributed by atoms with Gasteiger partial charge in [0, 0.05) is 32.6 Å². The SMILES string of the molecule is COCCCOc1cc(C[C@@H](C[C@H]2[C@H](C[C@H](C(=O)NCC(C)(C)C(N)=O)C(C)C)OCN2C(=O)OCC(C)C)C(C)C)ccc1OC. The number of hydrogen-bond acceptors (Lipinski definition) is 8. The fourth-order valence-electron chi connectivity index (χ4n) is 5.61. The molecule has 4 atom stereocenters. The summed E-state index contributed by atoms with van der Waals surface area (Å²) in [6.45, 7) is 17.5. The standard InChI is InChI=1S/C36H61N3O8/c1-23(2)20-46-35(42)39-22-47-31(19-28(25(5)6)33(40)38-21-36(7,8)34(37)41)29(39)18-27(24(3)4)16-26-12-13-30(44-10)32(17-26)45-15-11-14-43-9/h12-13,17,23-25,27-29,31H,11,14-16,18-22H2,1-10H3,(H2,37,41)(H,38,40)/t27-,28-,29-,31-/m0/s1. The van der Waals surface area contributed by atoms with Crippen molar-refractivity contribution in [3.05, 3.63) is 23.8 Å². The fraction of sp³-hybridized carbons (Fsp3) is 0.750. The molecule has 47 heavy (non-hydrogen) atoms. The van der Waals surface area contributed by atoms with E-state index in [1.807, 2.05) is 39.8 Å². The number of nitrogens with two attached hydrogens (primary N) is 1. The summed E-state index contributed by atoms with van der Waals surface area (Å²) in [6, 6.07) is 5.73. The van der Waals surface area contributed by atoms with Gasteiger partial charge in [0.1, 0.15) is 6.73 Å². The van der Waals surface area contributed by atoms with Crippen molar-refractivity contribution in [1.82, 2.24) is 10.2 Å². The lowest BCUT2D eigenvalue weighted by atomic mass is 9.80. The van der Waals surface area contributed by atoms with Crippen molar-refractivity contribution in [2.75, 3.05) is 47.3 Å². The van der Waals surface area contributed by atoms with Crippen molar-refractivity contribution in [3.8, 4) is 11.5 Å². The summed E-state index contributed by atoms with van der Waals surface area (Å²) < 4.78 is 28.7. The van der Waals surface area contributed by atoms with Crippen LogP contribution in [0, 0.1) is 35.0 Å². The van der Waals surface area contributed by atoms with Gasteiger partial charge in [-0.3, -0.25) is 14.5 Å². The van der Waals surface area contributed by atoms with Crippen molar-refractivity contribution >= 4 is 17.9 Å². The van der Waals surface area contributed by atoms with Crippen molar-refractivity contribution in [3.63, 3.8) is 0 Å². The van der Waals surface area contributed by atoms with Crippen LogP contribution in [-0.4, -0.2) is 82.3 Å². The Morgan fingerprint density at radius 2 is 1.72 bits per heavy atom. The minimum atomic E-state index is -0.874. The number of methoxy groups -OCH3 is 2. The van der Waals surface area contributed by atoms with E-state index in [0.717, 1.165) is 18.4 Å². The van der Waals surface area contributed by atoms with Gasteiger partial charge in [0.15, 0.2) is 11.5 Å². The molecule has 0 spiro atoms. The molecule has 0 saturated carbocycles. The average molecular weight is 664 g/mol. The van der Waals surface area contributed by atoms with E-state index < -0.39 is 23.3 Å². The number of nitrogens with one attached hydrogen (secondary N) is 1. The highest BCUT2D eigenvalue weighted by Crippen LogP contribution is 2.36. The summed E-state index contributed by atoms with van der Waals surface area (Å²) in [5.41, 5.74) is 5.76. The molecule has 2 rings (SSSR count). The zero-order valence-corrected chi connectivity index (χ0v) is 30.4. The Morgan fingerprint density at radius 3 is 2.30 bits per heavy atom. The summed E-state index contributed by atoms with van der Waals surface area (Å²) in [7, 11) is 3.30. The van der Waals surface area contributed by atoms with Gasteiger partial charge in [0.05, 0.1) is 37.9 Å². The molecule has 11 nitrogen and oxygen atoms in total. The number of amides is 3. The third-order valence-electron chi connectivity index (χ3n) is 8.99. The first-order valence-corrected chi connectivity index (χ1v) is 17.0. The molecule has 1 heterocycles. The predicted octanol–water partition coefficient (Wildman–Crippen LogP) is 5.42. The molecule has 0 aliphatic carbocycles. The lowest BCUT2D eigenvalue weighted by molar-refractivity contribution is -0.130. The number of primary amides is 1. The largest absolute Gasteiger partial charge is 0.493 e. The molecule has 3 amide bonds. The second-order valence-corrected chi connectivity index (χ2v) is 14.5. The molecule has 0 unspecified atom stereocenters. The first-order valence-electron chi connectivity index (χ1n) is 17.0. The second-order valence-electron chi connectivity index (χ2n) is 14.5. The van der Waals surface area contributed by atoms with E-state index in [1.165, 1.54) is 0 Å². The first kappa shape index (κ1) is 40.1. The van der Waals surface area contributed by atoms with Crippen molar-refractivity contribution in [1.29, 1.82) is 0 Å². The summed E-state index contributed by atoms with van der Waals surface area (Å²) in [5.74, 6) is 1.00. The minimum absolute atomic E-state index is 0.000359. The maximum Gasteiger partial charge on any atom is 0.411 e. The van der Waals surface area contributed by atoms with Crippen LogP contribution < -0.4 is 20.5 Å². The molecule has 1 fully saturated rings. The Balaban J connectivity index is 2.33. The molecular weight excluding hydrogens is 602 g/mol. The highest BCUT2D eigenvalue weighted by atomic mass is 16.6. The van der Waals surface area contributed by atoms with E-state index >= 15 is 0 Å². The van der Waals surface area contributed by atoms with Gasteiger partial charge < -0.3 is 34.7 Å².